The SMILES string of the molecule is CCCCCC/C=C\C=C/CCCCCCCC(=O)O[C@H](COC(=O)CCCCCCCCCCCCCCCCCCCCC(C)CC)COP(=O)(O)OC[C@@H](O)COP(=O)(O)OC[C@@H](COC(=O)CCCCCCCCC(C)CC)OC(=O)CCCCCCCCCCCCC(C)CC. The van der Waals surface area contributed by atoms with Gasteiger partial charge in [0.2, 0.25) is 0 Å². The quantitative estimate of drug-likeness (QED) is 0.0169. The maximum absolute atomic E-state index is 13.1. The van der Waals surface area contributed by atoms with E-state index in [-0.39, 0.29) is 25.7 Å². The zero-order valence-corrected chi connectivity index (χ0v) is 67.6. The fourth-order valence-electron chi connectivity index (χ4n) is 12.0. The molecule has 0 radical (unpaired) electrons. The summed E-state index contributed by atoms with van der Waals surface area (Å²) in [6.07, 6.45) is 63.2. The number of hydrogen-bond acceptors (Lipinski definition) is 15. The summed E-state index contributed by atoms with van der Waals surface area (Å²) < 4.78 is 68.7. The van der Waals surface area contributed by atoms with E-state index >= 15 is 0 Å². The Bertz CT molecular complexity index is 2060. The zero-order valence-electron chi connectivity index (χ0n) is 65.9. The molecular weight excluding hydrogens is 1320 g/mol. The molecular formula is C82H156O17P2. The van der Waals surface area contributed by atoms with Crippen molar-refractivity contribution in [2.24, 2.45) is 17.8 Å². The molecule has 8 atom stereocenters. The Morgan fingerprint density at radius 3 is 0.832 bits per heavy atom. The molecule has 0 aliphatic heterocycles. The largest absolute Gasteiger partial charge is 0.472 e. The van der Waals surface area contributed by atoms with Gasteiger partial charge in [-0.3, -0.25) is 37.3 Å². The second-order valence-electron chi connectivity index (χ2n) is 29.6. The minimum atomic E-state index is -4.97. The van der Waals surface area contributed by atoms with Crippen molar-refractivity contribution in [3.63, 3.8) is 0 Å². The number of aliphatic hydroxyl groups excluding tert-OH is 1. The molecule has 0 aromatic heterocycles. The second kappa shape index (κ2) is 71.8. The van der Waals surface area contributed by atoms with Gasteiger partial charge in [-0.05, 0) is 69.1 Å². The summed E-state index contributed by atoms with van der Waals surface area (Å²) in [7, 11) is -9.93. The van der Waals surface area contributed by atoms with Gasteiger partial charge in [-0.25, -0.2) is 9.13 Å². The Morgan fingerprint density at radius 1 is 0.317 bits per heavy atom. The lowest BCUT2D eigenvalue weighted by Crippen LogP contribution is -2.30. The van der Waals surface area contributed by atoms with Crippen molar-refractivity contribution in [2.45, 2.75) is 420 Å². The van der Waals surface area contributed by atoms with Crippen LogP contribution in [0.5, 0.6) is 0 Å². The summed E-state index contributed by atoms with van der Waals surface area (Å²) in [5.41, 5.74) is 0. The number of phosphoric ester groups is 2. The van der Waals surface area contributed by atoms with Crippen LogP contribution in [0.25, 0.3) is 0 Å². The second-order valence-corrected chi connectivity index (χ2v) is 32.5. The minimum Gasteiger partial charge on any atom is -0.462 e. The lowest BCUT2D eigenvalue weighted by molar-refractivity contribution is -0.161. The van der Waals surface area contributed by atoms with Crippen LogP contribution in [-0.4, -0.2) is 96.7 Å². The summed E-state index contributed by atoms with van der Waals surface area (Å²) in [6.45, 7) is 11.9. The molecule has 0 spiro atoms. The average Bonchev–Trinajstić information content (AvgIpc) is 1.02. The van der Waals surface area contributed by atoms with Crippen molar-refractivity contribution in [3.8, 4) is 0 Å². The van der Waals surface area contributed by atoms with Crippen LogP contribution in [0.15, 0.2) is 24.3 Å². The first kappa shape index (κ1) is 98.5. The van der Waals surface area contributed by atoms with E-state index in [2.05, 4.69) is 72.8 Å². The third-order valence-electron chi connectivity index (χ3n) is 19.6. The lowest BCUT2D eigenvalue weighted by Gasteiger charge is -2.21. The van der Waals surface area contributed by atoms with Crippen LogP contribution in [0.2, 0.25) is 0 Å². The molecule has 0 saturated carbocycles. The molecule has 3 N–H and O–H groups in total. The molecule has 5 unspecified atom stereocenters. The number of unbranched alkanes of at least 4 members (excludes halogenated alkanes) is 40. The fourth-order valence-corrected chi connectivity index (χ4v) is 13.6. The van der Waals surface area contributed by atoms with Gasteiger partial charge in [0, 0.05) is 25.7 Å². The van der Waals surface area contributed by atoms with Crippen LogP contribution in [0.4, 0.5) is 0 Å². The van der Waals surface area contributed by atoms with Crippen LogP contribution >= 0.6 is 15.6 Å². The standard InChI is InChI=1S/C82H156O17P2/c1-8-12-13-14-15-16-17-18-23-28-31-37-42-51-58-65-81(86)98-77(69-92-79(84)63-56-49-41-36-30-27-25-22-20-19-21-24-26-29-34-39-46-53-60-73(5)9-2)71-96-100(88,89)94-67-76(83)68-95-101(90,91)97-72-78(70-93-80(85)64-57-50-45-44-48-55-62-75(7)11-4)99-82(87)66-59-52-43-38-33-32-35-40-47-54-61-74(6)10-3/h16-18,23,73-78,83H,8-15,19-22,24-72H2,1-7H3,(H,88,89)(H,90,91)/b17-16-,23-18-/t73?,74?,75?,76-,77-,78-/m1/s1. The highest BCUT2D eigenvalue weighted by Crippen LogP contribution is 2.45. The van der Waals surface area contributed by atoms with Crippen molar-refractivity contribution >= 4 is 39.5 Å². The van der Waals surface area contributed by atoms with E-state index in [9.17, 15) is 43.2 Å². The van der Waals surface area contributed by atoms with Crippen LogP contribution in [0, 0.1) is 17.8 Å². The molecule has 101 heavy (non-hydrogen) atoms. The number of hydrogen-bond donors (Lipinski definition) is 3. The molecule has 0 rings (SSSR count). The van der Waals surface area contributed by atoms with E-state index in [0.29, 0.717) is 25.7 Å². The molecule has 0 aliphatic carbocycles. The number of carbonyl (C=O) groups excluding carboxylic acids is 4. The highest BCUT2D eigenvalue weighted by Gasteiger charge is 2.30. The molecule has 0 aromatic carbocycles. The predicted octanol–water partition coefficient (Wildman–Crippen LogP) is 24.1. The number of esters is 4. The molecule has 0 amide bonds. The van der Waals surface area contributed by atoms with Crippen LogP contribution in [0.3, 0.4) is 0 Å². The number of aliphatic hydroxyl groups is 1. The Labute approximate surface area is 618 Å². The van der Waals surface area contributed by atoms with Gasteiger partial charge in [0.05, 0.1) is 26.4 Å². The van der Waals surface area contributed by atoms with Crippen molar-refractivity contribution in [3.05, 3.63) is 24.3 Å². The molecule has 0 fully saturated rings. The highest BCUT2D eigenvalue weighted by molar-refractivity contribution is 7.47. The van der Waals surface area contributed by atoms with Crippen LogP contribution in [0.1, 0.15) is 402 Å². The molecule has 0 bridgehead atoms. The molecule has 19 heteroatoms. The maximum Gasteiger partial charge on any atom is 0.472 e. The van der Waals surface area contributed by atoms with Gasteiger partial charge in [0.25, 0.3) is 0 Å². The Hall–Kier alpha value is -2.46. The predicted molar refractivity (Wildman–Crippen MR) is 414 cm³/mol. The van der Waals surface area contributed by atoms with Crippen LogP contribution in [-0.2, 0) is 65.4 Å². The van der Waals surface area contributed by atoms with Crippen molar-refractivity contribution < 1.29 is 80.2 Å². The Balaban J connectivity index is 5.24. The number of phosphoric acid groups is 2. The van der Waals surface area contributed by atoms with Gasteiger partial charge < -0.3 is 33.8 Å². The summed E-state index contributed by atoms with van der Waals surface area (Å²) in [5, 5.41) is 10.6. The number of ether oxygens (including phenoxy) is 4. The Morgan fingerprint density at radius 2 is 0.554 bits per heavy atom. The summed E-state index contributed by atoms with van der Waals surface area (Å²) in [6, 6.07) is 0. The number of allylic oxidation sites excluding steroid dienone is 4. The van der Waals surface area contributed by atoms with Crippen LogP contribution < -0.4 is 0 Å². The molecule has 596 valence electrons. The van der Waals surface area contributed by atoms with E-state index in [1.54, 1.807) is 0 Å². The van der Waals surface area contributed by atoms with Gasteiger partial charge in [-0.1, -0.05) is 349 Å². The van der Waals surface area contributed by atoms with E-state index < -0.39 is 97.5 Å². The van der Waals surface area contributed by atoms with Gasteiger partial charge in [-0.2, -0.15) is 0 Å². The van der Waals surface area contributed by atoms with E-state index in [1.165, 1.54) is 193 Å². The van der Waals surface area contributed by atoms with E-state index in [4.69, 9.17) is 37.0 Å². The van der Waals surface area contributed by atoms with Gasteiger partial charge in [-0.15, -0.1) is 0 Å². The lowest BCUT2D eigenvalue weighted by atomic mass is 9.99. The van der Waals surface area contributed by atoms with Gasteiger partial charge in [0.15, 0.2) is 12.2 Å². The van der Waals surface area contributed by atoms with Crippen molar-refractivity contribution in [2.75, 3.05) is 39.6 Å². The van der Waals surface area contributed by atoms with Gasteiger partial charge in [0.1, 0.15) is 19.3 Å². The molecule has 0 aromatic rings. The first-order valence-electron chi connectivity index (χ1n) is 41.8. The minimum absolute atomic E-state index is 0.0852. The highest BCUT2D eigenvalue weighted by atomic mass is 31.2. The Kier molecular flexibility index (Phi) is 70.0. The maximum atomic E-state index is 13.1. The van der Waals surface area contributed by atoms with Crippen molar-refractivity contribution in [1.82, 2.24) is 0 Å². The number of carbonyl (C=O) groups is 4. The van der Waals surface area contributed by atoms with E-state index in [0.717, 1.165) is 127 Å². The summed E-state index contributed by atoms with van der Waals surface area (Å²) in [4.78, 5) is 73.0. The molecule has 0 aliphatic rings. The third-order valence-corrected chi connectivity index (χ3v) is 21.5. The topological polar surface area (TPSA) is 237 Å². The first-order chi connectivity index (χ1) is 48.8. The molecule has 0 heterocycles. The van der Waals surface area contributed by atoms with Crippen molar-refractivity contribution in [1.29, 1.82) is 0 Å². The third kappa shape index (κ3) is 71.6. The number of rotatable bonds is 78. The molecule has 0 saturated heterocycles. The zero-order chi connectivity index (χ0) is 74.4. The monoisotopic (exact) mass is 1480 g/mol. The van der Waals surface area contributed by atoms with Gasteiger partial charge >= 0.3 is 39.5 Å². The normalized spacial score (nSPS) is 14.9. The van der Waals surface area contributed by atoms with E-state index in [1.807, 2.05) is 0 Å². The summed E-state index contributed by atoms with van der Waals surface area (Å²) >= 11 is 0. The summed E-state index contributed by atoms with van der Waals surface area (Å²) in [5.74, 6) is 0.260. The smallest absolute Gasteiger partial charge is 0.462 e. The average molecular weight is 1480 g/mol. The molecule has 17 nitrogen and oxygen atoms in total. The fraction of sp³-hybridized carbons (Fsp3) is 0.902. The first-order valence-corrected chi connectivity index (χ1v) is 44.8.